The Hall–Kier alpha value is -4.60. The Bertz CT molecular complexity index is 1500. The number of hydrogen-bond acceptors (Lipinski definition) is 6. The van der Waals surface area contributed by atoms with E-state index in [9.17, 15) is 19.2 Å². The molecular formula is C27H28N4O6. The summed E-state index contributed by atoms with van der Waals surface area (Å²) in [4.78, 5) is 51.5. The summed E-state index contributed by atoms with van der Waals surface area (Å²) in [6.45, 7) is 2.27. The molecule has 0 fully saturated rings. The number of nitrogens with one attached hydrogen (secondary N) is 2. The predicted octanol–water partition coefficient (Wildman–Crippen LogP) is 2.89. The van der Waals surface area contributed by atoms with Crippen LogP contribution in [0, 0.1) is 0 Å². The van der Waals surface area contributed by atoms with Gasteiger partial charge in [-0.25, -0.2) is 4.79 Å². The lowest BCUT2D eigenvalue weighted by Gasteiger charge is -2.15. The number of para-hydroxylation sites is 3. The molecule has 0 saturated heterocycles. The molecule has 2 aromatic carbocycles. The molecule has 192 valence electrons. The molecule has 4 aromatic rings. The van der Waals surface area contributed by atoms with Gasteiger partial charge >= 0.3 is 5.69 Å². The SMILES string of the molecule is CCOc1ccccc1NC(=O)Cn1c(=O)n(CCCC(=O)NCc2ccco2)c(=O)c2ccccc21. The van der Waals surface area contributed by atoms with Crippen LogP contribution in [0.3, 0.4) is 0 Å². The van der Waals surface area contributed by atoms with Gasteiger partial charge in [0.05, 0.1) is 36.0 Å². The lowest BCUT2D eigenvalue weighted by Crippen LogP contribution is -2.42. The third-order valence-electron chi connectivity index (χ3n) is 5.72. The van der Waals surface area contributed by atoms with Gasteiger partial charge in [-0.3, -0.25) is 23.5 Å². The second-order valence-corrected chi connectivity index (χ2v) is 8.28. The number of carbonyl (C=O) groups is 2. The zero-order chi connectivity index (χ0) is 26.2. The van der Waals surface area contributed by atoms with Crippen LogP contribution in [0.1, 0.15) is 25.5 Å². The normalized spacial score (nSPS) is 10.8. The summed E-state index contributed by atoms with van der Waals surface area (Å²) in [7, 11) is 0. The van der Waals surface area contributed by atoms with E-state index in [-0.39, 0.29) is 38.4 Å². The number of hydrogen-bond donors (Lipinski definition) is 2. The molecule has 10 heteroatoms. The number of aromatic nitrogens is 2. The van der Waals surface area contributed by atoms with E-state index in [2.05, 4.69) is 10.6 Å². The summed E-state index contributed by atoms with van der Waals surface area (Å²) in [5, 5.41) is 5.83. The van der Waals surface area contributed by atoms with Crippen LogP contribution in [0.2, 0.25) is 0 Å². The number of carbonyl (C=O) groups excluding carboxylic acids is 2. The van der Waals surface area contributed by atoms with E-state index in [0.717, 1.165) is 4.57 Å². The summed E-state index contributed by atoms with van der Waals surface area (Å²) >= 11 is 0. The lowest BCUT2D eigenvalue weighted by molar-refractivity contribution is -0.121. The molecule has 0 atom stereocenters. The first-order chi connectivity index (χ1) is 18.0. The van der Waals surface area contributed by atoms with E-state index in [1.807, 2.05) is 6.92 Å². The number of nitrogens with zero attached hydrogens (tertiary/aromatic N) is 2. The fourth-order valence-electron chi connectivity index (χ4n) is 3.99. The fourth-order valence-corrected chi connectivity index (χ4v) is 3.99. The molecule has 0 saturated carbocycles. The van der Waals surface area contributed by atoms with Gasteiger partial charge < -0.3 is 19.8 Å². The number of fused-ring (bicyclic) bond motifs is 1. The number of anilines is 1. The van der Waals surface area contributed by atoms with Crippen LogP contribution in [0.5, 0.6) is 5.75 Å². The van der Waals surface area contributed by atoms with Crippen LogP contribution < -0.4 is 26.6 Å². The van der Waals surface area contributed by atoms with Crippen LogP contribution in [-0.4, -0.2) is 27.6 Å². The minimum atomic E-state index is -0.618. The van der Waals surface area contributed by atoms with E-state index in [0.29, 0.717) is 34.7 Å². The Morgan fingerprint density at radius 3 is 2.51 bits per heavy atom. The van der Waals surface area contributed by atoms with E-state index in [4.69, 9.17) is 9.15 Å². The molecule has 0 aliphatic rings. The quantitative estimate of drug-likeness (QED) is 0.324. The highest BCUT2D eigenvalue weighted by molar-refractivity contribution is 5.93. The van der Waals surface area contributed by atoms with Crippen molar-refractivity contribution in [2.45, 2.75) is 39.4 Å². The molecule has 0 radical (unpaired) electrons. The Kier molecular flexibility index (Phi) is 8.19. The molecule has 37 heavy (non-hydrogen) atoms. The van der Waals surface area contributed by atoms with Crippen LogP contribution in [0.4, 0.5) is 5.69 Å². The highest BCUT2D eigenvalue weighted by Crippen LogP contribution is 2.23. The van der Waals surface area contributed by atoms with Gasteiger partial charge in [-0.15, -0.1) is 0 Å². The van der Waals surface area contributed by atoms with Crippen molar-refractivity contribution in [3.8, 4) is 5.75 Å². The molecule has 4 rings (SSSR count). The first kappa shape index (κ1) is 25.5. The van der Waals surface area contributed by atoms with Crippen molar-refractivity contribution in [3.05, 3.63) is 93.5 Å². The molecule has 2 aromatic heterocycles. The summed E-state index contributed by atoms with van der Waals surface area (Å²) < 4.78 is 13.1. The van der Waals surface area contributed by atoms with Crippen molar-refractivity contribution >= 4 is 28.4 Å². The minimum absolute atomic E-state index is 0.0332. The van der Waals surface area contributed by atoms with Crippen molar-refractivity contribution in [2.24, 2.45) is 0 Å². The molecule has 2 amide bonds. The highest BCUT2D eigenvalue weighted by atomic mass is 16.5. The molecule has 0 spiro atoms. The largest absolute Gasteiger partial charge is 0.492 e. The Morgan fingerprint density at radius 2 is 1.73 bits per heavy atom. The molecule has 2 N–H and O–H groups in total. The zero-order valence-electron chi connectivity index (χ0n) is 20.4. The number of ether oxygens (including phenoxy) is 1. The fraction of sp³-hybridized carbons (Fsp3) is 0.259. The highest BCUT2D eigenvalue weighted by Gasteiger charge is 2.16. The number of furan rings is 1. The van der Waals surface area contributed by atoms with Crippen molar-refractivity contribution in [1.82, 2.24) is 14.5 Å². The van der Waals surface area contributed by atoms with Gasteiger partial charge in [-0.05, 0) is 49.7 Å². The zero-order valence-corrected chi connectivity index (χ0v) is 20.4. The van der Waals surface area contributed by atoms with Gasteiger partial charge in [0.2, 0.25) is 11.8 Å². The minimum Gasteiger partial charge on any atom is -0.492 e. The van der Waals surface area contributed by atoms with E-state index >= 15 is 0 Å². The maximum absolute atomic E-state index is 13.3. The van der Waals surface area contributed by atoms with Gasteiger partial charge in [-0.2, -0.15) is 0 Å². The maximum atomic E-state index is 13.3. The standard InChI is InChI=1S/C27H28N4O6/c1-2-36-23-13-6-4-11-21(23)29-25(33)18-31-22-12-5-3-10-20(22)26(34)30(27(31)35)15-7-14-24(32)28-17-19-9-8-16-37-19/h3-6,8-13,16H,2,7,14-15,17-18H2,1H3,(H,28,32)(H,29,33). The molecule has 0 aliphatic carbocycles. The van der Waals surface area contributed by atoms with Crippen LogP contribution >= 0.6 is 0 Å². The van der Waals surface area contributed by atoms with Crippen molar-refractivity contribution in [3.63, 3.8) is 0 Å². The summed E-state index contributed by atoms with van der Waals surface area (Å²) in [5.74, 6) is 0.481. The smallest absolute Gasteiger partial charge is 0.331 e. The van der Waals surface area contributed by atoms with Crippen LogP contribution in [-0.2, 0) is 29.2 Å². The van der Waals surface area contributed by atoms with Crippen molar-refractivity contribution in [2.75, 3.05) is 11.9 Å². The number of amides is 2. The van der Waals surface area contributed by atoms with Gasteiger partial charge in [0.25, 0.3) is 5.56 Å². The third kappa shape index (κ3) is 6.16. The van der Waals surface area contributed by atoms with Gasteiger partial charge in [0.15, 0.2) is 0 Å². The van der Waals surface area contributed by atoms with Crippen molar-refractivity contribution < 1.29 is 18.7 Å². The average Bonchev–Trinajstić information content (AvgIpc) is 3.42. The van der Waals surface area contributed by atoms with E-state index in [1.165, 1.54) is 10.8 Å². The van der Waals surface area contributed by atoms with Gasteiger partial charge in [0, 0.05) is 13.0 Å². The Labute approximate surface area is 212 Å². The number of rotatable bonds is 11. The third-order valence-corrected chi connectivity index (χ3v) is 5.72. The van der Waals surface area contributed by atoms with E-state index < -0.39 is 17.2 Å². The summed E-state index contributed by atoms with van der Waals surface area (Å²) in [6.07, 6.45) is 1.91. The molecule has 2 heterocycles. The predicted molar refractivity (Wildman–Crippen MR) is 138 cm³/mol. The average molecular weight is 505 g/mol. The van der Waals surface area contributed by atoms with Gasteiger partial charge in [0.1, 0.15) is 18.1 Å². The van der Waals surface area contributed by atoms with Crippen molar-refractivity contribution in [1.29, 1.82) is 0 Å². The topological polar surface area (TPSA) is 125 Å². The Morgan fingerprint density at radius 1 is 0.946 bits per heavy atom. The van der Waals surface area contributed by atoms with Crippen LogP contribution in [0.25, 0.3) is 10.9 Å². The second kappa shape index (κ2) is 11.9. The Balaban J connectivity index is 1.51. The van der Waals surface area contributed by atoms with Gasteiger partial charge in [-0.1, -0.05) is 24.3 Å². The summed E-state index contributed by atoms with van der Waals surface area (Å²) in [6, 6.07) is 17.1. The molecule has 0 aliphatic heterocycles. The maximum Gasteiger partial charge on any atom is 0.331 e. The van der Waals surface area contributed by atoms with E-state index in [1.54, 1.807) is 60.7 Å². The lowest BCUT2D eigenvalue weighted by atomic mass is 10.2. The number of benzene rings is 2. The first-order valence-corrected chi connectivity index (χ1v) is 12.0. The molecule has 0 bridgehead atoms. The van der Waals surface area contributed by atoms with Crippen LogP contribution in [0.15, 0.2) is 80.9 Å². The molecule has 10 nitrogen and oxygen atoms in total. The summed E-state index contributed by atoms with van der Waals surface area (Å²) in [5.41, 5.74) is -0.235. The molecule has 0 unspecified atom stereocenters. The second-order valence-electron chi connectivity index (χ2n) is 8.28. The monoisotopic (exact) mass is 504 g/mol. The molecular weight excluding hydrogens is 476 g/mol. The first-order valence-electron chi connectivity index (χ1n) is 12.0.